The van der Waals surface area contributed by atoms with Crippen molar-refractivity contribution in [3.8, 4) is 0 Å². The molecule has 2 rings (SSSR count). The molecule has 0 amide bonds. The van der Waals surface area contributed by atoms with Gasteiger partial charge >= 0.3 is 0 Å². The van der Waals surface area contributed by atoms with Gasteiger partial charge in [-0.25, -0.2) is 4.98 Å². The largest absolute Gasteiger partial charge is 0.384 e. The molecule has 1 aliphatic heterocycles. The molecule has 76 valence electrons. The monoisotopic (exact) mass is 191 g/mol. The Morgan fingerprint density at radius 1 is 1.43 bits per heavy atom. The van der Waals surface area contributed by atoms with E-state index in [2.05, 4.69) is 22.9 Å². The minimum atomic E-state index is 0.596. The fourth-order valence-electron chi connectivity index (χ4n) is 2.05. The van der Waals surface area contributed by atoms with Crippen molar-refractivity contribution in [2.24, 2.45) is 0 Å². The van der Waals surface area contributed by atoms with E-state index in [4.69, 9.17) is 5.73 Å². The van der Waals surface area contributed by atoms with Crippen molar-refractivity contribution in [1.82, 2.24) is 4.98 Å². The van der Waals surface area contributed by atoms with Gasteiger partial charge in [-0.3, -0.25) is 0 Å². The van der Waals surface area contributed by atoms with Crippen molar-refractivity contribution in [1.29, 1.82) is 0 Å². The molecule has 0 aliphatic carbocycles. The van der Waals surface area contributed by atoms with Crippen LogP contribution in [-0.4, -0.2) is 17.6 Å². The number of anilines is 2. The lowest BCUT2D eigenvalue weighted by molar-refractivity contribution is 0.484. The number of hydrogen-bond acceptors (Lipinski definition) is 3. The highest BCUT2D eigenvalue weighted by Gasteiger charge is 2.18. The number of rotatable bonds is 1. The normalized spacial score (nSPS) is 22.4. The van der Waals surface area contributed by atoms with E-state index in [1.54, 1.807) is 0 Å². The lowest BCUT2D eigenvalue weighted by Crippen LogP contribution is -2.37. The van der Waals surface area contributed by atoms with Gasteiger partial charge in [-0.2, -0.15) is 0 Å². The zero-order chi connectivity index (χ0) is 9.97. The van der Waals surface area contributed by atoms with Crippen LogP contribution in [0.2, 0.25) is 0 Å². The van der Waals surface area contributed by atoms with Gasteiger partial charge in [0.1, 0.15) is 5.82 Å². The summed E-state index contributed by atoms with van der Waals surface area (Å²) in [6.45, 7) is 3.42. The fourth-order valence-corrected chi connectivity index (χ4v) is 2.05. The van der Waals surface area contributed by atoms with Gasteiger partial charge < -0.3 is 10.6 Å². The van der Waals surface area contributed by atoms with Crippen LogP contribution in [0, 0.1) is 0 Å². The van der Waals surface area contributed by atoms with Crippen LogP contribution in [0.5, 0.6) is 0 Å². The SMILES string of the molecule is CC1CCCCN1c1ccc(N)nc1. The van der Waals surface area contributed by atoms with Gasteiger partial charge in [-0.05, 0) is 38.3 Å². The van der Waals surface area contributed by atoms with Gasteiger partial charge in [-0.15, -0.1) is 0 Å². The highest BCUT2D eigenvalue weighted by molar-refractivity contribution is 5.49. The average Bonchev–Trinajstić information content (AvgIpc) is 2.20. The van der Waals surface area contributed by atoms with Gasteiger partial charge in [0.25, 0.3) is 0 Å². The Morgan fingerprint density at radius 2 is 2.29 bits per heavy atom. The van der Waals surface area contributed by atoms with E-state index in [9.17, 15) is 0 Å². The minimum Gasteiger partial charge on any atom is -0.384 e. The molecular formula is C11H17N3. The number of piperidine rings is 1. The topological polar surface area (TPSA) is 42.1 Å². The maximum absolute atomic E-state index is 5.56. The summed E-state index contributed by atoms with van der Waals surface area (Å²) in [6, 6.07) is 4.56. The van der Waals surface area contributed by atoms with Gasteiger partial charge in [0.15, 0.2) is 0 Å². The summed E-state index contributed by atoms with van der Waals surface area (Å²) >= 11 is 0. The molecule has 2 heterocycles. The number of pyridine rings is 1. The summed E-state index contributed by atoms with van der Waals surface area (Å²) in [5.41, 5.74) is 6.76. The second-order valence-electron chi connectivity index (χ2n) is 3.98. The highest BCUT2D eigenvalue weighted by atomic mass is 15.2. The maximum Gasteiger partial charge on any atom is 0.123 e. The van der Waals surface area contributed by atoms with Crippen molar-refractivity contribution in [2.45, 2.75) is 32.2 Å². The van der Waals surface area contributed by atoms with Crippen LogP contribution in [0.15, 0.2) is 18.3 Å². The van der Waals surface area contributed by atoms with Crippen LogP contribution in [0.1, 0.15) is 26.2 Å². The molecule has 1 aromatic heterocycles. The molecule has 3 heteroatoms. The molecule has 0 radical (unpaired) electrons. The van der Waals surface area contributed by atoms with Gasteiger partial charge in [0.05, 0.1) is 11.9 Å². The Labute approximate surface area is 84.9 Å². The maximum atomic E-state index is 5.56. The third-order valence-corrected chi connectivity index (χ3v) is 2.91. The lowest BCUT2D eigenvalue weighted by atomic mass is 10.0. The summed E-state index contributed by atoms with van der Waals surface area (Å²) in [5.74, 6) is 0.596. The number of nitrogens with two attached hydrogens (primary N) is 1. The van der Waals surface area contributed by atoms with Crippen LogP contribution in [0.25, 0.3) is 0 Å². The molecule has 3 nitrogen and oxygen atoms in total. The lowest BCUT2D eigenvalue weighted by Gasteiger charge is -2.35. The first-order chi connectivity index (χ1) is 6.77. The molecule has 0 bridgehead atoms. The summed E-state index contributed by atoms with van der Waals surface area (Å²) < 4.78 is 0. The molecule has 2 N–H and O–H groups in total. The first kappa shape index (κ1) is 9.31. The van der Waals surface area contributed by atoms with Gasteiger partial charge in [0.2, 0.25) is 0 Å². The van der Waals surface area contributed by atoms with Crippen LogP contribution >= 0.6 is 0 Å². The van der Waals surface area contributed by atoms with Gasteiger partial charge in [0, 0.05) is 12.6 Å². The Morgan fingerprint density at radius 3 is 2.93 bits per heavy atom. The zero-order valence-electron chi connectivity index (χ0n) is 8.61. The molecule has 1 aliphatic rings. The van der Waals surface area contributed by atoms with Crippen molar-refractivity contribution >= 4 is 11.5 Å². The Kier molecular flexibility index (Phi) is 2.57. The molecule has 1 fully saturated rings. The van der Waals surface area contributed by atoms with E-state index < -0.39 is 0 Å². The van der Waals surface area contributed by atoms with Gasteiger partial charge in [-0.1, -0.05) is 0 Å². The summed E-state index contributed by atoms with van der Waals surface area (Å²) in [6.07, 6.45) is 5.79. The minimum absolute atomic E-state index is 0.596. The Hall–Kier alpha value is -1.25. The molecule has 0 spiro atoms. The van der Waals surface area contributed by atoms with Crippen molar-refractivity contribution in [3.63, 3.8) is 0 Å². The van der Waals surface area contributed by atoms with E-state index in [0.29, 0.717) is 11.9 Å². The van der Waals surface area contributed by atoms with Crippen LogP contribution < -0.4 is 10.6 Å². The first-order valence-electron chi connectivity index (χ1n) is 5.25. The molecule has 1 unspecified atom stereocenters. The van der Waals surface area contributed by atoms with E-state index in [0.717, 1.165) is 6.54 Å². The number of hydrogen-bond donors (Lipinski definition) is 1. The van der Waals surface area contributed by atoms with Crippen molar-refractivity contribution in [2.75, 3.05) is 17.2 Å². The highest BCUT2D eigenvalue weighted by Crippen LogP contribution is 2.23. The van der Waals surface area contributed by atoms with E-state index in [1.807, 2.05) is 12.3 Å². The van der Waals surface area contributed by atoms with Crippen LogP contribution in [-0.2, 0) is 0 Å². The number of aromatic nitrogens is 1. The predicted octanol–water partition coefficient (Wildman–Crippen LogP) is 2.04. The molecule has 14 heavy (non-hydrogen) atoms. The first-order valence-corrected chi connectivity index (χ1v) is 5.25. The van der Waals surface area contributed by atoms with Crippen LogP contribution in [0.4, 0.5) is 11.5 Å². The van der Waals surface area contributed by atoms with E-state index >= 15 is 0 Å². The third-order valence-electron chi connectivity index (χ3n) is 2.91. The van der Waals surface area contributed by atoms with E-state index in [-0.39, 0.29) is 0 Å². The average molecular weight is 191 g/mol. The molecule has 0 aromatic carbocycles. The Bertz CT molecular complexity index is 294. The quantitative estimate of drug-likeness (QED) is 0.738. The summed E-state index contributed by atoms with van der Waals surface area (Å²) in [5, 5.41) is 0. The number of nitrogen functional groups attached to an aromatic ring is 1. The number of nitrogens with zero attached hydrogens (tertiary/aromatic N) is 2. The van der Waals surface area contributed by atoms with Crippen molar-refractivity contribution < 1.29 is 0 Å². The van der Waals surface area contributed by atoms with Crippen LogP contribution in [0.3, 0.4) is 0 Å². The smallest absolute Gasteiger partial charge is 0.123 e. The molecule has 1 atom stereocenters. The Balaban J connectivity index is 2.16. The van der Waals surface area contributed by atoms with E-state index in [1.165, 1.54) is 24.9 Å². The second-order valence-corrected chi connectivity index (χ2v) is 3.98. The third kappa shape index (κ3) is 1.81. The standard InChI is InChI=1S/C11H17N3/c1-9-4-2-3-7-14(9)10-5-6-11(12)13-8-10/h5-6,8-9H,2-4,7H2,1H3,(H2,12,13). The predicted molar refractivity (Wildman–Crippen MR) is 59.3 cm³/mol. The molecule has 1 aromatic rings. The van der Waals surface area contributed by atoms with Crippen molar-refractivity contribution in [3.05, 3.63) is 18.3 Å². The summed E-state index contributed by atoms with van der Waals surface area (Å²) in [7, 11) is 0. The second kappa shape index (κ2) is 3.86. The summed E-state index contributed by atoms with van der Waals surface area (Å²) in [4.78, 5) is 6.54. The molecular weight excluding hydrogens is 174 g/mol. The molecule has 0 saturated carbocycles. The fraction of sp³-hybridized carbons (Fsp3) is 0.545. The molecule has 1 saturated heterocycles. The zero-order valence-corrected chi connectivity index (χ0v) is 8.61.